The average Bonchev–Trinajstić information content (AvgIpc) is 2.01. The van der Waals surface area contributed by atoms with Gasteiger partial charge in [0.1, 0.15) is 0 Å². The molecular formula is C10H20N2O. The van der Waals surface area contributed by atoms with Crippen LogP contribution < -0.4 is 5.32 Å². The van der Waals surface area contributed by atoms with Crippen molar-refractivity contribution < 1.29 is 4.79 Å². The van der Waals surface area contributed by atoms with Crippen molar-refractivity contribution in [1.29, 1.82) is 0 Å². The van der Waals surface area contributed by atoms with Crippen LogP contribution in [0.1, 0.15) is 20.8 Å². The van der Waals surface area contributed by atoms with Gasteiger partial charge >= 0.3 is 0 Å². The Bertz CT molecular complexity index is 197. The van der Waals surface area contributed by atoms with Crippen molar-refractivity contribution in [3.8, 4) is 0 Å². The van der Waals surface area contributed by atoms with Gasteiger partial charge in [-0.05, 0) is 34.9 Å². The quantitative estimate of drug-likeness (QED) is 0.662. The number of carbonyl (C=O) groups is 1. The van der Waals surface area contributed by atoms with Gasteiger partial charge in [0, 0.05) is 6.04 Å². The summed E-state index contributed by atoms with van der Waals surface area (Å²) in [5.41, 5.74) is 1.19. The standard InChI is InChI=1S/C10H20N2O/c1-6-8(2)9(3)11-10(13)7-12(4)5/h6,9H,7H2,1-5H3,(H,11,13). The highest BCUT2D eigenvalue weighted by Gasteiger charge is 2.08. The van der Waals surface area contributed by atoms with Crippen molar-refractivity contribution in [1.82, 2.24) is 10.2 Å². The van der Waals surface area contributed by atoms with Crippen LogP contribution in [0.15, 0.2) is 11.6 Å². The molecule has 0 radical (unpaired) electrons. The van der Waals surface area contributed by atoms with E-state index in [1.807, 2.05) is 45.8 Å². The number of hydrogen-bond donors (Lipinski definition) is 1. The van der Waals surface area contributed by atoms with E-state index in [9.17, 15) is 4.79 Å². The molecule has 0 spiro atoms. The Morgan fingerprint density at radius 3 is 2.46 bits per heavy atom. The van der Waals surface area contributed by atoms with E-state index in [1.54, 1.807) is 0 Å². The molecule has 1 atom stereocenters. The van der Waals surface area contributed by atoms with Gasteiger partial charge in [0.2, 0.25) is 5.91 Å². The molecule has 13 heavy (non-hydrogen) atoms. The second-order valence-electron chi connectivity index (χ2n) is 3.56. The maximum Gasteiger partial charge on any atom is 0.234 e. The van der Waals surface area contributed by atoms with Crippen LogP contribution in [0.25, 0.3) is 0 Å². The number of rotatable bonds is 4. The fraction of sp³-hybridized carbons (Fsp3) is 0.700. The predicted octanol–water partition coefficient (Wildman–Crippen LogP) is 1.02. The number of nitrogens with zero attached hydrogens (tertiary/aromatic N) is 1. The van der Waals surface area contributed by atoms with Gasteiger partial charge in [-0.25, -0.2) is 0 Å². The minimum atomic E-state index is 0.0682. The Morgan fingerprint density at radius 2 is 2.08 bits per heavy atom. The highest BCUT2D eigenvalue weighted by atomic mass is 16.2. The average molecular weight is 184 g/mol. The van der Waals surface area contributed by atoms with Crippen LogP contribution in [-0.2, 0) is 4.79 Å². The van der Waals surface area contributed by atoms with Gasteiger partial charge in [0.25, 0.3) is 0 Å². The summed E-state index contributed by atoms with van der Waals surface area (Å²) in [6.07, 6.45) is 2.01. The van der Waals surface area contributed by atoms with E-state index in [-0.39, 0.29) is 11.9 Å². The molecule has 1 N–H and O–H groups in total. The van der Waals surface area contributed by atoms with Gasteiger partial charge in [0.05, 0.1) is 6.54 Å². The van der Waals surface area contributed by atoms with Crippen LogP contribution >= 0.6 is 0 Å². The van der Waals surface area contributed by atoms with Crippen molar-refractivity contribution >= 4 is 5.91 Å². The first-order valence-corrected chi connectivity index (χ1v) is 4.54. The van der Waals surface area contributed by atoms with Gasteiger partial charge in [-0.15, -0.1) is 0 Å². The largest absolute Gasteiger partial charge is 0.349 e. The SMILES string of the molecule is CC=C(C)C(C)NC(=O)CN(C)C. The maximum atomic E-state index is 11.3. The van der Waals surface area contributed by atoms with E-state index in [0.29, 0.717) is 6.54 Å². The second kappa shape index (κ2) is 5.75. The molecule has 3 nitrogen and oxygen atoms in total. The highest BCUT2D eigenvalue weighted by Crippen LogP contribution is 1.99. The third-order valence-electron chi connectivity index (χ3n) is 1.98. The summed E-state index contributed by atoms with van der Waals surface area (Å²) in [4.78, 5) is 13.2. The minimum Gasteiger partial charge on any atom is -0.349 e. The monoisotopic (exact) mass is 184 g/mol. The summed E-state index contributed by atoms with van der Waals surface area (Å²) in [6, 6.07) is 0.137. The first-order chi connectivity index (χ1) is 5.97. The normalized spacial score (nSPS) is 14.5. The fourth-order valence-electron chi connectivity index (χ4n) is 0.938. The molecule has 0 aromatic carbocycles. The first kappa shape index (κ1) is 12.2. The number of allylic oxidation sites excluding steroid dienone is 1. The minimum absolute atomic E-state index is 0.0682. The van der Waals surface area contributed by atoms with Gasteiger partial charge < -0.3 is 10.2 Å². The molecular weight excluding hydrogens is 164 g/mol. The van der Waals surface area contributed by atoms with Gasteiger partial charge in [-0.2, -0.15) is 0 Å². The molecule has 0 aliphatic heterocycles. The molecule has 0 aliphatic rings. The summed E-state index contributed by atoms with van der Waals surface area (Å²) >= 11 is 0. The van der Waals surface area contributed by atoms with Crippen molar-refractivity contribution in [3.05, 3.63) is 11.6 Å². The Hall–Kier alpha value is -0.830. The molecule has 0 rings (SSSR count). The van der Waals surface area contributed by atoms with E-state index in [1.165, 1.54) is 5.57 Å². The lowest BCUT2D eigenvalue weighted by Crippen LogP contribution is -2.39. The molecule has 0 saturated carbocycles. The topological polar surface area (TPSA) is 32.3 Å². The summed E-state index contributed by atoms with van der Waals surface area (Å²) in [6.45, 7) is 6.43. The Labute approximate surface area is 80.8 Å². The first-order valence-electron chi connectivity index (χ1n) is 4.54. The van der Waals surface area contributed by atoms with E-state index in [2.05, 4.69) is 5.32 Å². The van der Waals surface area contributed by atoms with Crippen LogP contribution in [-0.4, -0.2) is 37.5 Å². The summed E-state index contributed by atoms with van der Waals surface area (Å²) in [7, 11) is 3.76. The van der Waals surface area contributed by atoms with E-state index in [0.717, 1.165) is 0 Å². The molecule has 0 fully saturated rings. The number of likely N-dealkylation sites (N-methyl/N-ethyl adjacent to an activating group) is 1. The smallest absolute Gasteiger partial charge is 0.234 e. The number of carbonyl (C=O) groups excluding carboxylic acids is 1. The zero-order chi connectivity index (χ0) is 10.4. The predicted molar refractivity (Wildman–Crippen MR) is 55.6 cm³/mol. The van der Waals surface area contributed by atoms with Gasteiger partial charge in [0.15, 0.2) is 0 Å². The molecule has 0 saturated heterocycles. The molecule has 3 heteroatoms. The Morgan fingerprint density at radius 1 is 1.54 bits per heavy atom. The molecule has 0 aliphatic carbocycles. The third kappa shape index (κ3) is 5.42. The molecule has 0 bridgehead atoms. The fourth-order valence-corrected chi connectivity index (χ4v) is 0.938. The lowest BCUT2D eigenvalue weighted by atomic mass is 10.1. The van der Waals surface area contributed by atoms with E-state index >= 15 is 0 Å². The summed E-state index contributed by atoms with van der Waals surface area (Å²) < 4.78 is 0. The molecule has 0 aromatic rings. The summed E-state index contributed by atoms with van der Waals surface area (Å²) in [5.74, 6) is 0.0682. The van der Waals surface area contributed by atoms with Crippen molar-refractivity contribution in [3.63, 3.8) is 0 Å². The third-order valence-corrected chi connectivity index (χ3v) is 1.98. The van der Waals surface area contributed by atoms with Crippen LogP contribution in [0, 0.1) is 0 Å². The van der Waals surface area contributed by atoms with Crippen LogP contribution in [0.2, 0.25) is 0 Å². The van der Waals surface area contributed by atoms with E-state index < -0.39 is 0 Å². The number of amides is 1. The van der Waals surface area contributed by atoms with Crippen molar-refractivity contribution in [2.24, 2.45) is 0 Å². The van der Waals surface area contributed by atoms with E-state index in [4.69, 9.17) is 0 Å². The van der Waals surface area contributed by atoms with Crippen molar-refractivity contribution in [2.75, 3.05) is 20.6 Å². The highest BCUT2D eigenvalue weighted by molar-refractivity contribution is 5.78. The molecule has 1 unspecified atom stereocenters. The Kier molecular flexibility index (Phi) is 5.39. The zero-order valence-corrected chi connectivity index (χ0v) is 9.22. The molecule has 0 aromatic heterocycles. The second-order valence-corrected chi connectivity index (χ2v) is 3.56. The van der Waals surface area contributed by atoms with Crippen LogP contribution in [0.4, 0.5) is 0 Å². The molecule has 1 amide bonds. The van der Waals surface area contributed by atoms with Gasteiger partial charge in [-0.1, -0.05) is 11.6 Å². The lowest BCUT2D eigenvalue weighted by molar-refractivity contribution is -0.122. The van der Waals surface area contributed by atoms with Crippen LogP contribution in [0.3, 0.4) is 0 Å². The van der Waals surface area contributed by atoms with Crippen molar-refractivity contribution in [2.45, 2.75) is 26.8 Å². The maximum absolute atomic E-state index is 11.3. The summed E-state index contributed by atoms with van der Waals surface area (Å²) in [5, 5.41) is 2.91. The van der Waals surface area contributed by atoms with Crippen LogP contribution in [0.5, 0.6) is 0 Å². The zero-order valence-electron chi connectivity index (χ0n) is 9.22. The number of nitrogens with one attached hydrogen (secondary N) is 1. The number of hydrogen-bond acceptors (Lipinski definition) is 2. The molecule has 76 valence electrons. The lowest BCUT2D eigenvalue weighted by Gasteiger charge is -2.16. The molecule has 0 heterocycles. The Balaban J connectivity index is 3.92. The van der Waals surface area contributed by atoms with Gasteiger partial charge in [-0.3, -0.25) is 4.79 Å².